The number of carbonyl (C=O) groups excluding carboxylic acids is 2. The lowest BCUT2D eigenvalue weighted by Crippen LogP contribution is -2.19. The molecule has 3 N–H and O–H groups in total. The Kier molecular flexibility index (Phi) is 6.85. The summed E-state index contributed by atoms with van der Waals surface area (Å²) in [6.07, 6.45) is 1.97. The summed E-state index contributed by atoms with van der Waals surface area (Å²) in [7, 11) is 3.08. The number of carbonyl (C=O) groups is 2. The van der Waals surface area contributed by atoms with E-state index in [1.165, 1.54) is 20.5 Å². The van der Waals surface area contributed by atoms with Crippen LogP contribution in [0.15, 0.2) is 12.1 Å². The number of rotatable bonds is 8. The molecule has 0 bridgehead atoms. The number of ketones is 1. The van der Waals surface area contributed by atoms with Gasteiger partial charge in [0.15, 0.2) is 0 Å². The second-order valence-corrected chi connectivity index (χ2v) is 5.11. The van der Waals surface area contributed by atoms with E-state index in [4.69, 9.17) is 15.2 Å². The first kappa shape index (κ1) is 18.0. The first-order valence-corrected chi connectivity index (χ1v) is 7.01. The van der Waals surface area contributed by atoms with Gasteiger partial charge in [-0.1, -0.05) is 0 Å². The Balaban J connectivity index is 2.98. The van der Waals surface area contributed by atoms with Crippen molar-refractivity contribution in [3.05, 3.63) is 24.1 Å². The van der Waals surface area contributed by atoms with E-state index in [2.05, 4.69) is 5.32 Å². The van der Waals surface area contributed by atoms with Crippen LogP contribution in [-0.2, 0) is 16.0 Å². The van der Waals surface area contributed by atoms with Crippen LogP contribution in [0.25, 0.3) is 0 Å². The van der Waals surface area contributed by atoms with Crippen molar-refractivity contribution in [2.75, 3.05) is 19.5 Å². The third kappa shape index (κ3) is 5.37. The van der Waals surface area contributed by atoms with Crippen molar-refractivity contribution in [3.8, 4) is 11.5 Å². The number of amides is 1. The summed E-state index contributed by atoms with van der Waals surface area (Å²) < 4.78 is 10.6. The highest BCUT2D eigenvalue weighted by Crippen LogP contribution is 2.33. The predicted molar refractivity (Wildman–Crippen MR) is 85.1 cm³/mol. The van der Waals surface area contributed by atoms with Crippen LogP contribution in [-0.4, -0.2) is 32.0 Å². The van der Waals surface area contributed by atoms with Crippen molar-refractivity contribution < 1.29 is 19.1 Å². The van der Waals surface area contributed by atoms with Crippen LogP contribution < -0.4 is 20.5 Å². The lowest BCUT2D eigenvalue weighted by Gasteiger charge is -2.16. The molecule has 0 aliphatic rings. The molecule has 6 heteroatoms. The Morgan fingerprint density at radius 2 is 1.91 bits per heavy atom. The highest BCUT2D eigenvalue weighted by molar-refractivity contribution is 5.97. The van der Waals surface area contributed by atoms with Gasteiger partial charge in [-0.15, -0.1) is 0 Å². The molecular weight excluding hydrogens is 284 g/mol. The summed E-state index contributed by atoms with van der Waals surface area (Å²) in [6.45, 7) is 3.30. The number of hydrogen-bond donors (Lipinski definition) is 2. The van der Waals surface area contributed by atoms with Gasteiger partial charge in [0.2, 0.25) is 5.91 Å². The fourth-order valence-electron chi connectivity index (χ4n) is 2.00. The van der Waals surface area contributed by atoms with Gasteiger partial charge < -0.3 is 20.5 Å². The maximum absolute atomic E-state index is 11.8. The van der Waals surface area contributed by atoms with Gasteiger partial charge in [-0.05, 0) is 31.9 Å². The average molecular weight is 307 g/mol. The van der Waals surface area contributed by atoms with E-state index >= 15 is 0 Å². The van der Waals surface area contributed by atoms with E-state index in [-0.39, 0.29) is 24.2 Å². The largest absolute Gasteiger partial charge is 0.496 e. The van der Waals surface area contributed by atoms with Crippen molar-refractivity contribution in [2.45, 2.75) is 32.7 Å². The smallest absolute Gasteiger partial charge is 0.225 e. The average Bonchev–Trinajstić information content (AvgIpc) is 2.45. The van der Waals surface area contributed by atoms with Gasteiger partial charge in [0.25, 0.3) is 0 Å². The number of hydrogen-bond acceptors (Lipinski definition) is 5. The molecular formula is C16H23N2O4. The number of benzene rings is 1. The minimum absolute atomic E-state index is 0.0163. The second-order valence-electron chi connectivity index (χ2n) is 5.11. The van der Waals surface area contributed by atoms with Gasteiger partial charge in [-0.25, -0.2) is 0 Å². The third-order valence-electron chi connectivity index (χ3n) is 2.99. The minimum atomic E-state index is -0.296. The standard InChI is InChI=1S/C16H23N2O4/c1-10(17)7-12-8-15(22-4)13(9-14(12)21-3)18-16(20)6-5-11(2)19/h5,8-10H,6-7,17H2,1-4H3,(H,18,20)/t10-/m0/s1. The van der Waals surface area contributed by atoms with Crippen molar-refractivity contribution in [2.24, 2.45) is 5.73 Å². The van der Waals surface area contributed by atoms with E-state index in [1.54, 1.807) is 19.2 Å². The maximum atomic E-state index is 11.8. The second kappa shape index (κ2) is 8.38. The zero-order valence-corrected chi connectivity index (χ0v) is 13.4. The van der Waals surface area contributed by atoms with Crippen LogP contribution in [0.2, 0.25) is 0 Å². The predicted octanol–water partition coefficient (Wildman–Crippen LogP) is 1.72. The summed E-state index contributed by atoms with van der Waals surface area (Å²) >= 11 is 0. The lowest BCUT2D eigenvalue weighted by molar-refractivity contribution is -0.118. The molecule has 1 aromatic carbocycles. The van der Waals surface area contributed by atoms with Crippen molar-refractivity contribution in [1.82, 2.24) is 0 Å². The molecule has 22 heavy (non-hydrogen) atoms. The van der Waals surface area contributed by atoms with Crippen LogP contribution in [0.5, 0.6) is 11.5 Å². The van der Waals surface area contributed by atoms with Crippen molar-refractivity contribution in [1.29, 1.82) is 0 Å². The van der Waals surface area contributed by atoms with E-state index in [0.29, 0.717) is 23.6 Å². The highest BCUT2D eigenvalue weighted by Gasteiger charge is 2.14. The lowest BCUT2D eigenvalue weighted by atomic mass is 10.0. The Labute approximate surface area is 131 Å². The number of Topliss-reactive ketones (excluding diaryl/α,β-unsaturated/α-hetero) is 1. The molecule has 0 unspecified atom stereocenters. The topological polar surface area (TPSA) is 90.6 Å². The minimum Gasteiger partial charge on any atom is -0.496 e. The van der Waals surface area contributed by atoms with Crippen molar-refractivity contribution in [3.63, 3.8) is 0 Å². The molecule has 0 heterocycles. The number of methoxy groups -OCH3 is 2. The molecule has 1 radical (unpaired) electrons. The maximum Gasteiger partial charge on any atom is 0.225 e. The SMILES string of the molecule is COc1cc(NC(=O)C[CH]C(C)=O)c(OC)cc1C[C@H](C)N. The molecule has 0 aliphatic heterocycles. The molecule has 0 spiro atoms. The van der Waals surface area contributed by atoms with E-state index < -0.39 is 0 Å². The molecule has 1 aromatic rings. The molecule has 1 atom stereocenters. The molecule has 0 aliphatic carbocycles. The summed E-state index contributed by atoms with van der Waals surface area (Å²) in [5, 5.41) is 2.71. The fraction of sp³-hybridized carbons (Fsp3) is 0.438. The van der Waals surface area contributed by atoms with Gasteiger partial charge in [-0.3, -0.25) is 9.59 Å². The number of nitrogens with one attached hydrogen (secondary N) is 1. The highest BCUT2D eigenvalue weighted by atomic mass is 16.5. The molecule has 1 rings (SSSR count). The van der Waals surface area contributed by atoms with Crippen LogP contribution in [0.1, 0.15) is 25.8 Å². The Bertz CT molecular complexity index is 541. The van der Waals surface area contributed by atoms with Gasteiger partial charge in [0, 0.05) is 24.9 Å². The molecule has 0 saturated heterocycles. The normalized spacial score (nSPS) is 11.7. The zero-order chi connectivity index (χ0) is 16.7. The van der Waals surface area contributed by atoms with Crippen LogP contribution in [0.3, 0.4) is 0 Å². The molecule has 0 aromatic heterocycles. The van der Waals surface area contributed by atoms with Gasteiger partial charge >= 0.3 is 0 Å². The third-order valence-corrected chi connectivity index (χ3v) is 2.99. The Hall–Kier alpha value is -2.08. The summed E-state index contributed by atoms with van der Waals surface area (Å²) in [4.78, 5) is 22.7. The summed E-state index contributed by atoms with van der Waals surface area (Å²) in [5.74, 6) is 0.707. The quantitative estimate of drug-likeness (QED) is 0.763. The van der Waals surface area contributed by atoms with E-state index in [1.807, 2.05) is 6.92 Å². The summed E-state index contributed by atoms with van der Waals surface area (Å²) in [5.41, 5.74) is 7.22. The van der Waals surface area contributed by atoms with E-state index in [9.17, 15) is 9.59 Å². The van der Waals surface area contributed by atoms with Crippen LogP contribution >= 0.6 is 0 Å². The first-order valence-electron chi connectivity index (χ1n) is 7.01. The zero-order valence-electron chi connectivity index (χ0n) is 13.4. The Morgan fingerprint density at radius 3 is 2.41 bits per heavy atom. The fourth-order valence-corrected chi connectivity index (χ4v) is 2.00. The molecule has 6 nitrogen and oxygen atoms in total. The number of ether oxygens (including phenoxy) is 2. The monoisotopic (exact) mass is 307 g/mol. The van der Waals surface area contributed by atoms with Gasteiger partial charge in [0.1, 0.15) is 17.3 Å². The van der Waals surface area contributed by atoms with Crippen LogP contribution in [0.4, 0.5) is 5.69 Å². The van der Waals surface area contributed by atoms with Gasteiger partial charge in [-0.2, -0.15) is 0 Å². The Morgan fingerprint density at radius 1 is 1.27 bits per heavy atom. The van der Waals surface area contributed by atoms with Crippen LogP contribution in [0, 0.1) is 6.42 Å². The number of nitrogens with two attached hydrogens (primary N) is 1. The molecule has 0 fully saturated rings. The van der Waals surface area contributed by atoms with Gasteiger partial charge in [0.05, 0.1) is 19.9 Å². The first-order chi connectivity index (χ1) is 10.4. The molecule has 121 valence electrons. The van der Waals surface area contributed by atoms with Crippen molar-refractivity contribution >= 4 is 17.4 Å². The summed E-state index contributed by atoms with van der Waals surface area (Å²) in [6, 6.07) is 3.47. The molecule has 1 amide bonds. The van der Waals surface area contributed by atoms with E-state index in [0.717, 1.165) is 5.56 Å². The molecule has 0 saturated carbocycles. The number of anilines is 1.